The molecule has 2 unspecified atom stereocenters. The van der Waals surface area contributed by atoms with Crippen LogP contribution in [0.3, 0.4) is 0 Å². The van der Waals surface area contributed by atoms with E-state index >= 15 is 0 Å². The Hall–Kier alpha value is -1.10. The highest BCUT2D eigenvalue weighted by Gasteiger charge is 2.24. The van der Waals surface area contributed by atoms with E-state index in [4.69, 9.17) is 5.11 Å². The molecule has 1 rings (SSSR count). The Kier molecular flexibility index (Phi) is 7.48. The summed E-state index contributed by atoms with van der Waals surface area (Å²) in [6, 6.07) is 0. The molecule has 1 fully saturated rings. The Morgan fingerprint density at radius 3 is 2.32 bits per heavy atom. The minimum atomic E-state index is -0.812. The molecule has 1 aliphatic carbocycles. The van der Waals surface area contributed by atoms with Gasteiger partial charge in [-0.3, -0.25) is 9.59 Å². The Labute approximate surface area is 114 Å². The maximum atomic E-state index is 11.6. The molecule has 0 heterocycles. The predicted octanol–water partition coefficient (Wildman–Crippen LogP) is 1.55. The monoisotopic (exact) mass is 271 g/mol. The molecule has 0 aliphatic heterocycles. The molecule has 0 spiro atoms. The van der Waals surface area contributed by atoms with E-state index in [9.17, 15) is 14.7 Å². The smallest absolute Gasteiger partial charge is 0.303 e. The zero-order chi connectivity index (χ0) is 14.1. The van der Waals surface area contributed by atoms with Crippen molar-refractivity contribution in [2.75, 3.05) is 13.2 Å². The quantitative estimate of drug-likeness (QED) is 0.584. The second-order valence-corrected chi connectivity index (χ2v) is 5.39. The van der Waals surface area contributed by atoms with Crippen LogP contribution < -0.4 is 5.32 Å². The number of carbonyl (C=O) groups is 2. The van der Waals surface area contributed by atoms with Crippen LogP contribution in [0, 0.1) is 11.8 Å². The van der Waals surface area contributed by atoms with Crippen LogP contribution in [0.1, 0.15) is 51.4 Å². The van der Waals surface area contributed by atoms with Crippen molar-refractivity contribution >= 4 is 11.9 Å². The van der Waals surface area contributed by atoms with Crippen LogP contribution in [0.25, 0.3) is 0 Å². The second kappa shape index (κ2) is 8.91. The number of nitrogens with one attached hydrogen (secondary N) is 1. The first-order chi connectivity index (χ1) is 9.13. The Balaban J connectivity index is 2.13. The third-order valence-electron chi connectivity index (χ3n) is 3.91. The molecular weight excluding hydrogens is 246 g/mol. The molecule has 19 heavy (non-hydrogen) atoms. The van der Waals surface area contributed by atoms with Crippen molar-refractivity contribution in [2.45, 2.75) is 51.4 Å². The molecule has 0 radical (unpaired) electrons. The molecule has 110 valence electrons. The van der Waals surface area contributed by atoms with E-state index < -0.39 is 5.97 Å². The number of rotatable bonds is 8. The first-order valence-electron chi connectivity index (χ1n) is 7.23. The summed E-state index contributed by atoms with van der Waals surface area (Å²) in [5.74, 6) is -0.108. The van der Waals surface area contributed by atoms with Crippen LogP contribution in [0.2, 0.25) is 0 Å². The van der Waals surface area contributed by atoms with Gasteiger partial charge < -0.3 is 15.5 Å². The number of amides is 1. The average Bonchev–Trinajstić information content (AvgIpc) is 2.41. The van der Waals surface area contributed by atoms with Gasteiger partial charge in [-0.05, 0) is 37.5 Å². The zero-order valence-electron chi connectivity index (χ0n) is 11.4. The highest BCUT2D eigenvalue weighted by molar-refractivity contribution is 5.75. The normalized spacial score (nSPS) is 23.0. The van der Waals surface area contributed by atoms with Crippen LogP contribution in [-0.4, -0.2) is 35.2 Å². The van der Waals surface area contributed by atoms with Crippen LogP contribution in [0.5, 0.6) is 0 Å². The maximum Gasteiger partial charge on any atom is 0.303 e. The molecule has 0 bridgehead atoms. The predicted molar refractivity (Wildman–Crippen MR) is 71.6 cm³/mol. The van der Waals surface area contributed by atoms with Gasteiger partial charge in [-0.15, -0.1) is 0 Å². The van der Waals surface area contributed by atoms with Crippen LogP contribution in [-0.2, 0) is 9.59 Å². The van der Waals surface area contributed by atoms with Gasteiger partial charge in [0.15, 0.2) is 0 Å². The van der Waals surface area contributed by atoms with Gasteiger partial charge in [0.05, 0.1) is 0 Å². The molecule has 0 saturated heterocycles. The molecule has 0 aromatic rings. The van der Waals surface area contributed by atoms with Gasteiger partial charge >= 0.3 is 5.97 Å². The zero-order valence-corrected chi connectivity index (χ0v) is 11.4. The van der Waals surface area contributed by atoms with Gasteiger partial charge in [-0.2, -0.15) is 0 Å². The summed E-state index contributed by atoms with van der Waals surface area (Å²) in [5, 5.41) is 20.7. The number of aliphatic hydroxyl groups excluding tert-OH is 1. The molecule has 5 nitrogen and oxygen atoms in total. The summed E-state index contributed by atoms with van der Waals surface area (Å²) in [4.78, 5) is 21.9. The molecular formula is C14H25NO4. The van der Waals surface area contributed by atoms with E-state index in [1.807, 2.05) is 0 Å². The molecule has 1 saturated carbocycles. The minimum absolute atomic E-state index is 0.00680. The number of hydrogen-bond donors (Lipinski definition) is 3. The summed E-state index contributed by atoms with van der Waals surface area (Å²) in [5.41, 5.74) is 0. The number of carboxylic acids is 1. The average molecular weight is 271 g/mol. The van der Waals surface area contributed by atoms with Crippen LogP contribution in [0.4, 0.5) is 0 Å². The van der Waals surface area contributed by atoms with Gasteiger partial charge in [0.2, 0.25) is 5.91 Å². The van der Waals surface area contributed by atoms with E-state index in [2.05, 4.69) is 5.32 Å². The van der Waals surface area contributed by atoms with E-state index in [1.165, 1.54) is 12.8 Å². The molecule has 0 aromatic carbocycles. The van der Waals surface area contributed by atoms with Crippen molar-refractivity contribution in [3.8, 4) is 0 Å². The maximum absolute atomic E-state index is 11.6. The Morgan fingerprint density at radius 2 is 1.68 bits per heavy atom. The van der Waals surface area contributed by atoms with Crippen LogP contribution >= 0.6 is 0 Å². The third kappa shape index (κ3) is 6.57. The molecule has 3 N–H and O–H groups in total. The molecule has 1 amide bonds. The SMILES string of the molecule is O=C(O)CCCCC(=O)NCC1CCCCC1CO. The summed E-state index contributed by atoms with van der Waals surface area (Å²) < 4.78 is 0. The largest absolute Gasteiger partial charge is 0.481 e. The van der Waals surface area contributed by atoms with E-state index in [0.29, 0.717) is 37.6 Å². The number of aliphatic carboxylic acids is 1. The molecule has 5 heteroatoms. The highest BCUT2D eigenvalue weighted by atomic mass is 16.4. The minimum Gasteiger partial charge on any atom is -0.481 e. The fourth-order valence-corrected chi connectivity index (χ4v) is 2.69. The fourth-order valence-electron chi connectivity index (χ4n) is 2.69. The number of carboxylic acid groups (broad SMARTS) is 1. The first-order valence-corrected chi connectivity index (χ1v) is 7.23. The van der Waals surface area contributed by atoms with Crippen molar-refractivity contribution in [1.29, 1.82) is 0 Å². The lowest BCUT2D eigenvalue weighted by molar-refractivity contribution is -0.137. The lowest BCUT2D eigenvalue weighted by Crippen LogP contribution is -2.35. The number of unbranched alkanes of at least 4 members (excludes halogenated alkanes) is 1. The van der Waals surface area contributed by atoms with Gasteiger partial charge in [0.1, 0.15) is 0 Å². The van der Waals surface area contributed by atoms with Crippen molar-refractivity contribution < 1.29 is 19.8 Å². The summed E-state index contributed by atoms with van der Waals surface area (Å²) in [6.07, 6.45) is 6.16. The van der Waals surface area contributed by atoms with Crippen LogP contribution in [0.15, 0.2) is 0 Å². The third-order valence-corrected chi connectivity index (χ3v) is 3.91. The summed E-state index contributed by atoms with van der Waals surface area (Å²) in [6.45, 7) is 0.849. The fraction of sp³-hybridized carbons (Fsp3) is 0.857. The molecule has 2 atom stereocenters. The first kappa shape index (κ1) is 16.0. The van der Waals surface area contributed by atoms with Gasteiger partial charge in [0.25, 0.3) is 0 Å². The molecule has 0 aromatic heterocycles. The number of hydrogen-bond acceptors (Lipinski definition) is 3. The Bertz CT molecular complexity index is 293. The number of aliphatic hydroxyl groups is 1. The summed E-state index contributed by atoms with van der Waals surface area (Å²) >= 11 is 0. The van der Waals surface area contributed by atoms with Gasteiger partial charge in [-0.25, -0.2) is 0 Å². The lowest BCUT2D eigenvalue weighted by atomic mass is 9.79. The second-order valence-electron chi connectivity index (χ2n) is 5.39. The Morgan fingerprint density at radius 1 is 1.05 bits per heavy atom. The van der Waals surface area contributed by atoms with E-state index in [-0.39, 0.29) is 18.9 Å². The highest BCUT2D eigenvalue weighted by Crippen LogP contribution is 2.29. The molecule has 1 aliphatic rings. The van der Waals surface area contributed by atoms with Gasteiger partial charge in [-0.1, -0.05) is 12.8 Å². The van der Waals surface area contributed by atoms with E-state index in [1.54, 1.807) is 0 Å². The summed E-state index contributed by atoms with van der Waals surface area (Å²) in [7, 11) is 0. The van der Waals surface area contributed by atoms with Crippen molar-refractivity contribution in [3.63, 3.8) is 0 Å². The van der Waals surface area contributed by atoms with Crippen molar-refractivity contribution in [3.05, 3.63) is 0 Å². The van der Waals surface area contributed by atoms with Crippen molar-refractivity contribution in [1.82, 2.24) is 5.32 Å². The number of carbonyl (C=O) groups excluding carboxylic acids is 1. The van der Waals surface area contributed by atoms with Gasteiger partial charge in [0, 0.05) is 26.0 Å². The van der Waals surface area contributed by atoms with Crippen molar-refractivity contribution in [2.24, 2.45) is 11.8 Å². The van der Waals surface area contributed by atoms with E-state index in [0.717, 1.165) is 12.8 Å². The standard InChI is InChI=1S/C14H25NO4/c16-10-12-6-2-1-5-11(12)9-15-13(17)7-3-4-8-14(18)19/h11-12,16H,1-10H2,(H,15,17)(H,18,19). The lowest BCUT2D eigenvalue weighted by Gasteiger charge is -2.30. The topological polar surface area (TPSA) is 86.6 Å².